The molecule has 0 aliphatic carbocycles. The first-order valence-electron chi connectivity index (χ1n) is 2.74. The first-order valence-corrected chi connectivity index (χ1v) is 2.74. The number of rotatable bonds is 1. The van der Waals surface area contributed by atoms with Gasteiger partial charge >= 0.3 is 0 Å². The van der Waals surface area contributed by atoms with Crippen molar-refractivity contribution in [1.29, 1.82) is 0 Å². The zero-order chi connectivity index (χ0) is 5.82. The van der Waals surface area contributed by atoms with Gasteiger partial charge in [-0.25, -0.2) is 9.97 Å². The van der Waals surface area contributed by atoms with E-state index in [9.17, 15) is 0 Å². The van der Waals surface area contributed by atoms with E-state index in [1.807, 2.05) is 6.20 Å². The molecule has 1 N–H and O–H groups in total. The molecule has 0 radical (unpaired) electrons. The highest BCUT2D eigenvalue weighted by Gasteiger charge is 1.87. The van der Waals surface area contributed by atoms with E-state index in [1.54, 1.807) is 12.4 Å². The monoisotopic (exact) mass is 109 g/mol. The Bertz CT molecular complexity index is 148. The number of aromatic nitrogens is 2. The lowest BCUT2D eigenvalue weighted by Crippen LogP contribution is -2.02. The zero-order valence-electron chi connectivity index (χ0n) is 4.89. The molecule has 0 fully saturated rings. The van der Waals surface area contributed by atoms with Crippen LogP contribution in [0.15, 0.2) is 18.6 Å². The Kier molecular flexibility index (Phi) is 1.57. The van der Waals surface area contributed by atoms with Crippen LogP contribution in [0.3, 0.4) is 0 Å². The molecule has 8 heavy (non-hydrogen) atoms. The molecule has 0 spiro atoms. The van der Waals surface area contributed by atoms with Crippen LogP contribution in [0.4, 0.5) is 0 Å². The Morgan fingerprint density at radius 1 is 1.75 bits per heavy atom. The molecule has 0 saturated carbocycles. The molecule has 0 aliphatic rings. The molecular weight excluding hydrogens is 100 g/mol. The summed E-state index contributed by atoms with van der Waals surface area (Å²) in [6.45, 7) is 2.08. The smallest absolute Gasteiger partial charge is 0.188 e. The van der Waals surface area contributed by atoms with Crippen molar-refractivity contribution in [3.8, 4) is 0 Å². The fraction of sp³-hybridized carbons (Fsp3) is 0.333. The summed E-state index contributed by atoms with van der Waals surface area (Å²) in [5.74, 6) is 0. The van der Waals surface area contributed by atoms with Crippen molar-refractivity contribution in [1.82, 2.24) is 4.98 Å². The lowest BCUT2D eigenvalue weighted by Gasteiger charge is -1.83. The van der Waals surface area contributed by atoms with Crippen molar-refractivity contribution in [2.45, 2.75) is 13.3 Å². The first kappa shape index (κ1) is 5.22. The van der Waals surface area contributed by atoms with E-state index >= 15 is 0 Å². The maximum absolute atomic E-state index is 4.07. The number of hydrogen-bond donors (Lipinski definition) is 0. The van der Waals surface area contributed by atoms with Gasteiger partial charge in [-0.1, -0.05) is 6.92 Å². The van der Waals surface area contributed by atoms with E-state index in [2.05, 4.69) is 16.9 Å². The van der Waals surface area contributed by atoms with Crippen molar-refractivity contribution in [2.75, 3.05) is 0 Å². The molecule has 0 amide bonds. The summed E-state index contributed by atoms with van der Waals surface area (Å²) in [7, 11) is 0. The standard InChI is InChI=1S/C6H8N2/c1-2-6-5-7-3-4-8-6/h3-5H,2H2,1H3/p+1. The second kappa shape index (κ2) is 2.40. The van der Waals surface area contributed by atoms with Crippen LogP contribution in [0.25, 0.3) is 0 Å². The highest BCUT2D eigenvalue weighted by Crippen LogP contribution is 1.84. The molecule has 0 atom stereocenters. The highest BCUT2D eigenvalue weighted by atomic mass is 14.8. The van der Waals surface area contributed by atoms with E-state index in [0.717, 1.165) is 12.1 Å². The molecule has 0 saturated heterocycles. The van der Waals surface area contributed by atoms with Gasteiger partial charge in [-0.05, 0) is 6.42 Å². The third-order valence-corrected chi connectivity index (χ3v) is 1.02. The first-order chi connectivity index (χ1) is 3.93. The minimum atomic E-state index is 0.997. The topological polar surface area (TPSA) is 27.0 Å². The van der Waals surface area contributed by atoms with E-state index in [0.29, 0.717) is 0 Å². The van der Waals surface area contributed by atoms with Gasteiger partial charge in [-0.15, -0.1) is 0 Å². The maximum Gasteiger partial charge on any atom is 0.188 e. The van der Waals surface area contributed by atoms with Gasteiger partial charge in [-0.3, -0.25) is 0 Å². The fourth-order valence-corrected chi connectivity index (χ4v) is 0.551. The minimum Gasteiger partial charge on any atom is -0.249 e. The Hall–Kier alpha value is -0.920. The van der Waals surface area contributed by atoms with Crippen LogP contribution in [-0.4, -0.2) is 4.98 Å². The molecule has 1 aromatic heterocycles. The number of hydrogen-bond acceptors (Lipinski definition) is 1. The Morgan fingerprint density at radius 3 is 3.00 bits per heavy atom. The molecule has 1 aromatic rings. The predicted octanol–water partition coefficient (Wildman–Crippen LogP) is 0.458. The molecule has 1 rings (SSSR count). The lowest BCUT2D eigenvalue weighted by molar-refractivity contribution is -0.379. The number of H-pyrrole nitrogens is 1. The summed E-state index contributed by atoms with van der Waals surface area (Å²) in [4.78, 5) is 7.02. The Balaban J connectivity index is 2.83. The van der Waals surface area contributed by atoms with Crippen molar-refractivity contribution < 1.29 is 4.98 Å². The van der Waals surface area contributed by atoms with Crippen molar-refractivity contribution in [3.63, 3.8) is 0 Å². The second-order valence-corrected chi connectivity index (χ2v) is 1.60. The lowest BCUT2D eigenvalue weighted by atomic mass is 10.4. The van der Waals surface area contributed by atoms with Crippen LogP contribution >= 0.6 is 0 Å². The van der Waals surface area contributed by atoms with Crippen molar-refractivity contribution in [2.24, 2.45) is 0 Å². The summed E-state index contributed by atoms with van der Waals surface area (Å²) in [6, 6.07) is 0. The van der Waals surface area contributed by atoms with Gasteiger partial charge in [0.2, 0.25) is 0 Å². The van der Waals surface area contributed by atoms with Crippen LogP contribution in [0.5, 0.6) is 0 Å². The summed E-state index contributed by atoms with van der Waals surface area (Å²) in [6.07, 6.45) is 6.47. The van der Waals surface area contributed by atoms with Gasteiger partial charge < -0.3 is 0 Å². The largest absolute Gasteiger partial charge is 0.249 e. The van der Waals surface area contributed by atoms with Gasteiger partial charge in [0.15, 0.2) is 12.4 Å². The SMILES string of the molecule is CCc1c[nH+]ccn1. The molecule has 0 bridgehead atoms. The maximum atomic E-state index is 4.07. The van der Waals surface area contributed by atoms with E-state index in [4.69, 9.17) is 0 Å². The number of aryl methyl sites for hydroxylation is 1. The fourth-order valence-electron chi connectivity index (χ4n) is 0.551. The number of nitrogens with zero attached hydrogens (tertiary/aromatic N) is 1. The van der Waals surface area contributed by atoms with Gasteiger partial charge in [0.1, 0.15) is 5.69 Å². The summed E-state index contributed by atoms with van der Waals surface area (Å²) >= 11 is 0. The van der Waals surface area contributed by atoms with E-state index in [1.165, 1.54) is 0 Å². The number of nitrogens with one attached hydrogen (secondary N) is 1. The predicted molar refractivity (Wildman–Crippen MR) is 30.2 cm³/mol. The van der Waals surface area contributed by atoms with E-state index < -0.39 is 0 Å². The summed E-state index contributed by atoms with van der Waals surface area (Å²) in [5, 5.41) is 0. The second-order valence-electron chi connectivity index (χ2n) is 1.60. The number of aromatic amines is 1. The van der Waals surface area contributed by atoms with Gasteiger partial charge in [0.05, 0.1) is 6.20 Å². The average molecular weight is 109 g/mol. The van der Waals surface area contributed by atoms with Gasteiger partial charge in [0.25, 0.3) is 0 Å². The molecule has 0 unspecified atom stereocenters. The van der Waals surface area contributed by atoms with Crippen LogP contribution in [0.2, 0.25) is 0 Å². The van der Waals surface area contributed by atoms with Crippen molar-refractivity contribution in [3.05, 3.63) is 24.3 Å². The van der Waals surface area contributed by atoms with Crippen LogP contribution in [-0.2, 0) is 6.42 Å². The Morgan fingerprint density at radius 2 is 2.62 bits per heavy atom. The third-order valence-electron chi connectivity index (χ3n) is 1.02. The molecule has 42 valence electrons. The minimum absolute atomic E-state index is 0.997. The van der Waals surface area contributed by atoms with Crippen LogP contribution in [0.1, 0.15) is 12.6 Å². The third kappa shape index (κ3) is 1.03. The zero-order valence-corrected chi connectivity index (χ0v) is 4.89. The summed E-state index contributed by atoms with van der Waals surface area (Å²) in [5.41, 5.74) is 1.10. The van der Waals surface area contributed by atoms with Gasteiger partial charge in [-0.2, -0.15) is 0 Å². The summed E-state index contributed by atoms with van der Waals surface area (Å²) < 4.78 is 0. The molecule has 2 nitrogen and oxygen atoms in total. The average Bonchev–Trinajstić information content (AvgIpc) is 1.90. The molecule has 1 heterocycles. The van der Waals surface area contributed by atoms with Crippen LogP contribution in [0, 0.1) is 0 Å². The molecular formula is C6H9N2+. The molecule has 2 heteroatoms. The Labute approximate surface area is 48.6 Å². The van der Waals surface area contributed by atoms with E-state index in [-0.39, 0.29) is 0 Å². The van der Waals surface area contributed by atoms with Gasteiger partial charge in [0, 0.05) is 0 Å². The van der Waals surface area contributed by atoms with Crippen molar-refractivity contribution >= 4 is 0 Å². The highest BCUT2D eigenvalue weighted by molar-refractivity contribution is 4.87. The normalized spacial score (nSPS) is 9.12. The quantitative estimate of drug-likeness (QED) is 0.514. The van der Waals surface area contributed by atoms with Crippen LogP contribution < -0.4 is 4.98 Å². The molecule has 0 aromatic carbocycles. The molecule has 0 aliphatic heterocycles.